The highest BCUT2D eigenvalue weighted by Gasteiger charge is 2.16. The van der Waals surface area contributed by atoms with Gasteiger partial charge in [0.2, 0.25) is 0 Å². The molecule has 0 aromatic carbocycles. The Morgan fingerprint density at radius 3 is 3.09 bits per heavy atom. The molecule has 0 radical (unpaired) electrons. The number of carbonyl (C=O) groups excluding carboxylic acids is 1. The van der Waals surface area contributed by atoms with E-state index in [2.05, 4.69) is 12.6 Å². The maximum Gasteiger partial charge on any atom is 0.315 e. The second-order valence-corrected chi connectivity index (χ2v) is 2.89. The number of hydrogen-bond acceptors (Lipinski definition) is 4. The first kappa shape index (κ1) is 8.87. The monoisotopic (exact) mass is 176 g/mol. The van der Waals surface area contributed by atoms with Crippen LogP contribution in [0.2, 0.25) is 0 Å². The molecule has 0 spiro atoms. The molecule has 1 aliphatic rings. The van der Waals surface area contributed by atoms with E-state index < -0.39 is 0 Å². The van der Waals surface area contributed by atoms with Crippen LogP contribution in [0, 0.1) is 5.92 Å². The van der Waals surface area contributed by atoms with E-state index >= 15 is 0 Å². The van der Waals surface area contributed by atoms with Gasteiger partial charge in [-0.05, 0) is 6.42 Å². The highest BCUT2D eigenvalue weighted by molar-refractivity contribution is 7.81. The Morgan fingerprint density at radius 2 is 2.55 bits per heavy atom. The van der Waals surface area contributed by atoms with E-state index in [4.69, 9.17) is 9.47 Å². The Balaban J connectivity index is 2.06. The third-order valence-corrected chi connectivity index (χ3v) is 1.89. The molecule has 0 saturated carbocycles. The normalized spacial score (nSPS) is 23.5. The standard InChI is InChI=1S/C7H12O3S/c8-7(5-11)10-4-6-1-2-9-3-6/h6,11H,1-5H2. The van der Waals surface area contributed by atoms with Crippen LogP contribution in [-0.4, -0.2) is 31.5 Å². The predicted octanol–water partition coefficient (Wildman–Crippen LogP) is 0.496. The molecule has 3 nitrogen and oxygen atoms in total. The molecule has 0 N–H and O–H groups in total. The van der Waals surface area contributed by atoms with Crippen molar-refractivity contribution in [1.82, 2.24) is 0 Å². The number of carbonyl (C=O) groups is 1. The van der Waals surface area contributed by atoms with Gasteiger partial charge in [0, 0.05) is 12.5 Å². The van der Waals surface area contributed by atoms with Crippen molar-refractivity contribution in [3.05, 3.63) is 0 Å². The first-order valence-corrected chi connectivity index (χ1v) is 4.30. The van der Waals surface area contributed by atoms with E-state index in [9.17, 15) is 4.79 Å². The first-order chi connectivity index (χ1) is 5.33. The lowest BCUT2D eigenvalue weighted by molar-refractivity contribution is -0.141. The van der Waals surface area contributed by atoms with Crippen LogP contribution in [0.15, 0.2) is 0 Å². The summed E-state index contributed by atoms with van der Waals surface area (Å²) in [5, 5.41) is 0. The molecule has 0 bridgehead atoms. The lowest BCUT2D eigenvalue weighted by atomic mass is 10.1. The summed E-state index contributed by atoms with van der Waals surface area (Å²) in [4.78, 5) is 10.6. The number of thiol groups is 1. The summed E-state index contributed by atoms with van der Waals surface area (Å²) in [5.41, 5.74) is 0. The summed E-state index contributed by atoms with van der Waals surface area (Å²) in [7, 11) is 0. The SMILES string of the molecule is O=C(CS)OCC1CCOC1. The zero-order valence-electron chi connectivity index (χ0n) is 6.28. The fourth-order valence-electron chi connectivity index (χ4n) is 0.971. The van der Waals surface area contributed by atoms with Crippen LogP contribution in [0.3, 0.4) is 0 Å². The summed E-state index contributed by atoms with van der Waals surface area (Å²) < 4.78 is 9.99. The molecule has 1 unspecified atom stereocenters. The third kappa shape index (κ3) is 3.12. The van der Waals surface area contributed by atoms with E-state index in [0.717, 1.165) is 19.6 Å². The fourth-order valence-corrected chi connectivity index (χ4v) is 1.06. The van der Waals surface area contributed by atoms with Crippen LogP contribution < -0.4 is 0 Å². The summed E-state index contributed by atoms with van der Waals surface area (Å²) in [6.45, 7) is 2.00. The zero-order valence-corrected chi connectivity index (χ0v) is 7.18. The molecule has 0 aromatic heterocycles. The van der Waals surface area contributed by atoms with Gasteiger partial charge in [-0.1, -0.05) is 0 Å². The van der Waals surface area contributed by atoms with Gasteiger partial charge < -0.3 is 9.47 Å². The molecule has 1 atom stereocenters. The predicted molar refractivity (Wildman–Crippen MR) is 43.7 cm³/mol. The molecular weight excluding hydrogens is 164 g/mol. The molecule has 4 heteroatoms. The Morgan fingerprint density at radius 1 is 1.73 bits per heavy atom. The van der Waals surface area contributed by atoms with Crippen LogP contribution in [0.5, 0.6) is 0 Å². The smallest absolute Gasteiger partial charge is 0.315 e. The number of hydrogen-bond donors (Lipinski definition) is 1. The van der Waals surface area contributed by atoms with Crippen molar-refractivity contribution in [3.8, 4) is 0 Å². The minimum Gasteiger partial charge on any atom is -0.465 e. The van der Waals surface area contributed by atoms with Gasteiger partial charge in [-0.3, -0.25) is 4.79 Å². The Kier molecular flexibility index (Phi) is 3.72. The highest BCUT2D eigenvalue weighted by atomic mass is 32.1. The average molecular weight is 176 g/mol. The summed E-state index contributed by atoms with van der Waals surface area (Å²) in [6, 6.07) is 0. The van der Waals surface area contributed by atoms with Crippen molar-refractivity contribution in [2.45, 2.75) is 6.42 Å². The van der Waals surface area contributed by atoms with E-state index in [-0.39, 0.29) is 11.7 Å². The Labute approximate surface area is 71.5 Å². The van der Waals surface area contributed by atoms with Crippen molar-refractivity contribution >= 4 is 18.6 Å². The third-order valence-electron chi connectivity index (χ3n) is 1.63. The van der Waals surface area contributed by atoms with Crippen LogP contribution in [0.25, 0.3) is 0 Å². The minimum absolute atomic E-state index is 0.160. The van der Waals surface area contributed by atoms with E-state index in [0.29, 0.717) is 12.5 Å². The van der Waals surface area contributed by atoms with Gasteiger partial charge in [0.1, 0.15) is 0 Å². The number of esters is 1. The lowest BCUT2D eigenvalue weighted by Crippen LogP contribution is -2.14. The highest BCUT2D eigenvalue weighted by Crippen LogP contribution is 2.12. The summed E-state index contributed by atoms with van der Waals surface area (Å²) >= 11 is 3.79. The molecule has 0 aliphatic carbocycles. The van der Waals surface area contributed by atoms with Gasteiger partial charge in [0.15, 0.2) is 0 Å². The maximum atomic E-state index is 10.6. The summed E-state index contributed by atoms with van der Waals surface area (Å²) in [5.74, 6) is 0.312. The molecule has 64 valence electrons. The van der Waals surface area contributed by atoms with Crippen LogP contribution in [0.1, 0.15) is 6.42 Å². The van der Waals surface area contributed by atoms with Gasteiger partial charge in [-0.15, -0.1) is 0 Å². The molecule has 11 heavy (non-hydrogen) atoms. The quantitative estimate of drug-likeness (QED) is 0.502. The van der Waals surface area contributed by atoms with Gasteiger partial charge in [0.25, 0.3) is 0 Å². The number of ether oxygens (including phenoxy) is 2. The maximum absolute atomic E-state index is 10.6. The fraction of sp³-hybridized carbons (Fsp3) is 0.857. The second kappa shape index (κ2) is 4.62. The molecule has 0 aromatic rings. The molecule has 1 saturated heterocycles. The topological polar surface area (TPSA) is 35.5 Å². The van der Waals surface area contributed by atoms with E-state index in [1.54, 1.807) is 0 Å². The average Bonchev–Trinajstić information content (AvgIpc) is 2.52. The molecule has 1 heterocycles. The van der Waals surface area contributed by atoms with Crippen molar-refractivity contribution < 1.29 is 14.3 Å². The van der Waals surface area contributed by atoms with Gasteiger partial charge in [-0.25, -0.2) is 0 Å². The molecular formula is C7H12O3S. The van der Waals surface area contributed by atoms with Crippen molar-refractivity contribution in [2.75, 3.05) is 25.6 Å². The van der Waals surface area contributed by atoms with Crippen LogP contribution in [-0.2, 0) is 14.3 Å². The molecule has 0 amide bonds. The van der Waals surface area contributed by atoms with Crippen LogP contribution >= 0.6 is 12.6 Å². The molecule has 1 fully saturated rings. The van der Waals surface area contributed by atoms with Crippen molar-refractivity contribution in [1.29, 1.82) is 0 Å². The molecule has 1 aliphatic heterocycles. The van der Waals surface area contributed by atoms with E-state index in [1.165, 1.54) is 0 Å². The zero-order chi connectivity index (χ0) is 8.10. The summed E-state index contributed by atoms with van der Waals surface area (Å²) in [6.07, 6.45) is 1.000. The molecule has 1 rings (SSSR count). The Bertz CT molecular complexity index is 132. The largest absolute Gasteiger partial charge is 0.465 e. The number of rotatable bonds is 3. The minimum atomic E-state index is -0.250. The van der Waals surface area contributed by atoms with Crippen molar-refractivity contribution in [3.63, 3.8) is 0 Å². The van der Waals surface area contributed by atoms with Crippen LogP contribution in [0.4, 0.5) is 0 Å². The van der Waals surface area contributed by atoms with Gasteiger partial charge in [0.05, 0.1) is 19.0 Å². The van der Waals surface area contributed by atoms with Gasteiger partial charge in [-0.2, -0.15) is 12.6 Å². The second-order valence-electron chi connectivity index (χ2n) is 2.57. The van der Waals surface area contributed by atoms with Crippen molar-refractivity contribution in [2.24, 2.45) is 5.92 Å². The van der Waals surface area contributed by atoms with Gasteiger partial charge >= 0.3 is 5.97 Å². The first-order valence-electron chi connectivity index (χ1n) is 3.67. The lowest BCUT2D eigenvalue weighted by Gasteiger charge is -2.06. The van der Waals surface area contributed by atoms with E-state index in [1.807, 2.05) is 0 Å². The Hall–Kier alpha value is -0.220.